The maximum atomic E-state index is 14.0. The number of nitrogens with one attached hydrogen (secondary N) is 1. The van der Waals surface area contributed by atoms with Gasteiger partial charge in [0.15, 0.2) is 5.75 Å². The van der Waals surface area contributed by atoms with Crippen molar-refractivity contribution in [2.24, 2.45) is 17.3 Å². The fourth-order valence-electron chi connectivity index (χ4n) is 6.20. The third-order valence-electron chi connectivity index (χ3n) is 8.36. The van der Waals surface area contributed by atoms with Gasteiger partial charge in [0.2, 0.25) is 0 Å². The van der Waals surface area contributed by atoms with Crippen LogP contribution in [0.5, 0.6) is 5.75 Å². The van der Waals surface area contributed by atoms with Crippen molar-refractivity contribution in [1.82, 2.24) is 14.7 Å². The molecule has 1 saturated carbocycles. The maximum absolute atomic E-state index is 14.0. The number of ether oxygens (including phenoxy) is 2. The molecule has 5 rings (SSSR count). The molecule has 0 bridgehead atoms. The molecule has 1 amide bonds. The summed E-state index contributed by atoms with van der Waals surface area (Å²) in [6.45, 7) is 3.20. The van der Waals surface area contributed by atoms with Gasteiger partial charge in [-0.1, -0.05) is 25.4 Å². The van der Waals surface area contributed by atoms with Gasteiger partial charge in [-0.2, -0.15) is 13.9 Å². The minimum atomic E-state index is -3.09. The number of alkyl halides is 2. The van der Waals surface area contributed by atoms with Crippen LogP contribution in [-0.4, -0.2) is 71.1 Å². The predicted molar refractivity (Wildman–Crippen MR) is 135 cm³/mol. The lowest BCUT2D eigenvalue weighted by Gasteiger charge is -2.42. The number of carbonyl (C=O) groups excluding carboxylic acids is 1. The summed E-state index contributed by atoms with van der Waals surface area (Å²) in [6, 6.07) is 6.01. The summed E-state index contributed by atoms with van der Waals surface area (Å²) in [7, 11) is 0. The first kappa shape index (κ1) is 26.8. The first-order chi connectivity index (χ1) is 18.1. The lowest BCUT2D eigenvalue weighted by atomic mass is 9.84. The molecule has 0 spiro atoms. The molecule has 2 aromatic rings. The van der Waals surface area contributed by atoms with Crippen molar-refractivity contribution >= 4 is 29.2 Å². The number of halogens is 3. The number of carboxylic acid groups (broad SMARTS) is 1. The highest BCUT2D eigenvalue weighted by atomic mass is 35.5. The summed E-state index contributed by atoms with van der Waals surface area (Å²) in [5, 5.41) is 17.5. The van der Waals surface area contributed by atoms with Gasteiger partial charge in [0.1, 0.15) is 5.54 Å². The number of nitrogens with zero attached hydrogens (tertiary/aromatic N) is 3. The molecule has 206 valence electrons. The van der Waals surface area contributed by atoms with Gasteiger partial charge in [0.25, 0.3) is 5.91 Å². The number of carboxylic acids is 1. The van der Waals surface area contributed by atoms with E-state index < -0.39 is 29.4 Å². The Bertz CT molecular complexity index is 1200. The number of anilines is 1. The van der Waals surface area contributed by atoms with E-state index >= 15 is 0 Å². The molecular weight excluding hydrogens is 522 g/mol. The highest BCUT2D eigenvalue weighted by Gasteiger charge is 2.72. The van der Waals surface area contributed by atoms with Crippen molar-refractivity contribution in [3.05, 3.63) is 41.2 Å². The molecule has 3 fully saturated rings. The van der Waals surface area contributed by atoms with Crippen LogP contribution in [0.3, 0.4) is 0 Å². The highest BCUT2D eigenvalue weighted by Crippen LogP contribution is 2.62. The van der Waals surface area contributed by atoms with Crippen molar-refractivity contribution in [2.45, 2.75) is 44.8 Å². The SMILES string of the molecule is CC(C)c1ccnn1C1(C(=O)Nc2ccc(Cl)cc2OC(F)F)CCN(CC2(C(=O)O)[C@@H]3COC[C@@H]32)CC1. The lowest BCUT2D eigenvalue weighted by Crippen LogP contribution is -2.55. The van der Waals surface area contributed by atoms with Crippen LogP contribution in [0.2, 0.25) is 5.02 Å². The summed E-state index contributed by atoms with van der Waals surface area (Å²) >= 11 is 5.97. The number of hydrogen-bond donors (Lipinski definition) is 2. The van der Waals surface area contributed by atoms with Crippen LogP contribution < -0.4 is 10.1 Å². The summed E-state index contributed by atoms with van der Waals surface area (Å²) < 4.78 is 37.9. The highest BCUT2D eigenvalue weighted by molar-refractivity contribution is 6.30. The van der Waals surface area contributed by atoms with Crippen LogP contribution in [0.1, 0.15) is 38.3 Å². The second-order valence-corrected chi connectivity index (χ2v) is 11.1. The summed E-state index contributed by atoms with van der Waals surface area (Å²) in [4.78, 5) is 28.3. The van der Waals surface area contributed by atoms with Crippen molar-refractivity contribution in [1.29, 1.82) is 0 Å². The lowest BCUT2D eigenvalue weighted by molar-refractivity contribution is -0.147. The Hall–Kier alpha value is -2.76. The summed E-state index contributed by atoms with van der Waals surface area (Å²) in [5.41, 5.74) is -0.972. The van der Waals surface area contributed by atoms with Crippen LogP contribution >= 0.6 is 11.6 Å². The quantitative estimate of drug-likeness (QED) is 0.483. The first-order valence-electron chi connectivity index (χ1n) is 12.7. The van der Waals surface area contributed by atoms with E-state index in [0.717, 1.165) is 5.69 Å². The standard InChI is InChI=1S/C26H31ClF2N4O5/c1-15(2)20-5-8-30-33(20)25(22(34)31-19-4-3-16(27)11-21(19)38-24(28)29)6-9-32(10-7-25)14-26(23(35)36)17-12-37-13-18(17)26/h3-5,8,11,15,17-18,24H,6-7,9-10,12-14H2,1-2H3,(H,31,34)(H,35,36)/t17-,18+,26?. The van der Waals surface area contributed by atoms with Crippen molar-refractivity contribution in [2.75, 3.05) is 38.2 Å². The molecule has 1 unspecified atom stereocenters. The fourth-order valence-corrected chi connectivity index (χ4v) is 6.36. The van der Waals surface area contributed by atoms with Gasteiger partial charge < -0.3 is 24.8 Å². The number of carbonyl (C=O) groups is 2. The third-order valence-corrected chi connectivity index (χ3v) is 8.60. The Balaban J connectivity index is 1.41. The molecule has 0 radical (unpaired) electrons. The minimum Gasteiger partial charge on any atom is -0.481 e. The molecule has 3 atom stereocenters. The van der Waals surface area contributed by atoms with E-state index in [1.165, 1.54) is 18.2 Å². The smallest absolute Gasteiger partial charge is 0.387 e. The number of piperidine rings is 1. The van der Waals surface area contributed by atoms with Crippen LogP contribution in [0.4, 0.5) is 14.5 Å². The molecule has 38 heavy (non-hydrogen) atoms. The maximum Gasteiger partial charge on any atom is 0.387 e. The number of aromatic nitrogens is 2. The zero-order valence-corrected chi connectivity index (χ0v) is 22.0. The number of rotatable bonds is 9. The van der Waals surface area contributed by atoms with E-state index in [9.17, 15) is 23.5 Å². The van der Waals surface area contributed by atoms with Gasteiger partial charge in [-0.3, -0.25) is 14.3 Å². The second kappa shape index (κ2) is 10.1. The molecule has 12 heteroatoms. The zero-order chi connectivity index (χ0) is 27.2. The predicted octanol–water partition coefficient (Wildman–Crippen LogP) is 4.04. The Kier molecular flexibility index (Phi) is 7.12. The Morgan fingerprint density at radius 2 is 1.92 bits per heavy atom. The Labute approximate surface area is 224 Å². The van der Waals surface area contributed by atoms with Gasteiger partial charge >= 0.3 is 12.6 Å². The van der Waals surface area contributed by atoms with Gasteiger partial charge in [-0.05, 0) is 37.0 Å². The van der Waals surface area contributed by atoms with Crippen LogP contribution in [-0.2, 0) is 19.9 Å². The van der Waals surface area contributed by atoms with Gasteiger partial charge in [-0.25, -0.2) is 0 Å². The second-order valence-electron chi connectivity index (χ2n) is 10.7. The van der Waals surface area contributed by atoms with Crippen LogP contribution in [0, 0.1) is 17.3 Å². The van der Waals surface area contributed by atoms with Gasteiger partial charge in [-0.15, -0.1) is 0 Å². The largest absolute Gasteiger partial charge is 0.481 e. The molecule has 1 aromatic carbocycles. The third kappa shape index (κ3) is 4.54. The molecular formula is C26H31ClF2N4O5. The van der Waals surface area contributed by atoms with Crippen LogP contribution in [0.15, 0.2) is 30.5 Å². The van der Waals surface area contributed by atoms with Gasteiger partial charge in [0, 0.05) is 54.4 Å². The van der Waals surface area contributed by atoms with E-state index in [0.29, 0.717) is 45.7 Å². The number of fused-ring (bicyclic) bond motifs is 1. The van der Waals surface area contributed by atoms with E-state index in [1.807, 2.05) is 19.9 Å². The molecule has 9 nitrogen and oxygen atoms in total. The number of amides is 1. The number of aliphatic carboxylic acids is 1. The molecule has 3 aliphatic rings. The number of benzene rings is 1. The van der Waals surface area contributed by atoms with E-state index in [4.69, 9.17) is 16.3 Å². The minimum absolute atomic E-state index is 0.0202. The van der Waals surface area contributed by atoms with E-state index in [1.54, 1.807) is 10.9 Å². The molecule has 1 aliphatic carbocycles. The van der Waals surface area contributed by atoms with Crippen molar-refractivity contribution in [3.63, 3.8) is 0 Å². The van der Waals surface area contributed by atoms with E-state index in [2.05, 4.69) is 20.1 Å². The normalized spacial score (nSPS) is 26.4. The summed E-state index contributed by atoms with van der Waals surface area (Å²) in [5.74, 6) is -1.32. The average molecular weight is 553 g/mol. The molecule has 3 heterocycles. The van der Waals surface area contributed by atoms with Gasteiger partial charge in [0.05, 0.1) is 24.3 Å². The summed E-state index contributed by atoms with van der Waals surface area (Å²) in [6.07, 6.45) is 2.37. The van der Waals surface area contributed by atoms with Crippen molar-refractivity contribution in [3.8, 4) is 5.75 Å². The zero-order valence-electron chi connectivity index (χ0n) is 21.2. The number of likely N-dealkylation sites (tertiary alicyclic amines) is 1. The molecule has 2 saturated heterocycles. The molecule has 2 N–H and O–H groups in total. The topological polar surface area (TPSA) is 106 Å². The average Bonchev–Trinajstić information content (AvgIpc) is 3.27. The Morgan fingerprint density at radius 1 is 1.24 bits per heavy atom. The monoisotopic (exact) mass is 552 g/mol. The van der Waals surface area contributed by atoms with E-state index in [-0.39, 0.29) is 34.2 Å². The van der Waals surface area contributed by atoms with Crippen molar-refractivity contribution < 1.29 is 33.0 Å². The Morgan fingerprint density at radius 3 is 2.53 bits per heavy atom. The molecule has 2 aliphatic heterocycles. The number of hydrogen-bond acceptors (Lipinski definition) is 6. The first-order valence-corrected chi connectivity index (χ1v) is 13.1. The molecule has 1 aromatic heterocycles. The fraction of sp³-hybridized carbons (Fsp3) is 0.577. The van der Waals surface area contributed by atoms with Crippen LogP contribution in [0.25, 0.3) is 0 Å².